The van der Waals surface area contributed by atoms with Gasteiger partial charge in [0.05, 0.1) is 18.0 Å². The third kappa shape index (κ3) is 1.86. The van der Waals surface area contributed by atoms with Crippen LogP contribution in [0.4, 0.5) is 8.78 Å². The Labute approximate surface area is 86.8 Å². The number of halogens is 2. The fourth-order valence-corrected chi connectivity index (χ4v) is 1.46. The Kier molecular flexibility index (Phi) is 2.46. The highest BCUT2D eigenvalue weighted by atomic mass is 32.1. The van der Waals surface area contributed by atoms with Gasteiger partial charge >= 0.3 is 0 Å². The van der Waals surface area contributed by atoms with E-state index in [0.29, 0.717) is 6.20 Å². The molecule has 0 amide bonds. The summed E-state index contributed by atoms with van der Waals surface area (Å²) < 4.78 is 29.3. The SMILES string of the molecule is O=C(c1cnns1)c1cc(F)ncc1F. The molecule has 0 aliphatic rings. The van der Waals surface area contributed by atoms with Crippen molar-refractivity contribution in [2.24, 2.45) is 0 Å². The minimum absolute atomic E-state index is 0.152. The molecule has 0 N–H and O–H groups in total. The van der Waals surface area contributed by atoms with E-state index in [2.05, 4.69) is 14.6 Å². The lowest BCUT2D eigenvalue weighted by atomic mass is 10.1. The molecule has 0 aliphatic heterocycles. The van der Waals surface area contributed by atoms with Gasteiger partial charge in [0.1, 0.15) is 4.88 Å². The first-order valence-electron chi connectivity index (χ1n) is 3.81. The fraction of sp³-hybridized carbons (Fsp3) is 0. The van der Waals surface area contributed by atoms with Gasteiger partial charge < -0.3 is 0 Å². The maximum Gasteiger partial charge on any atom is 0.213 e. The van der Waals surface area contributed by atoms with Gasteiger partial charge in [-0.25, -0.2) is 9.37 Å². The molecule has 0 bridgehead atoms. The highest BCUT2D eigenvalue weighted by Gasteiger charge is 2.17. The van der Waals surface area contributed by atoms with E-state index in [-0.39, 0.29) is 10.4 Å². The molecule has 15 heavy (non-hydrogen) atoms. The lowest BCUT2D eigenvalue weighted by Crippen LogP contribution is -2.04. The van der Waals surface area contributed by atoms with Crippen molar-refractivity contribution in [1.29, 1.82) is 0 Å². The number of pyridine rings is 1. The quantitative estimate of drug-likeness (QED) is 0.575. The number of carbonyl (C=O) groups is 1. The van der Waals surface area contributed by atoms with Crippen molar-refractivity contribution in [3.8, 4) is 0 Å². The second kappa shape index (κ2) is 3.77. The van der Waals surface area contributed by atoms with E-state index in [0.717, 1.165) is 17.6 Å². The highest BCUT2D eigenvalue weighted by Crippen LogP contribution is 2.14. The van der Waals surface area contributed by atoms with Crippen LogP contribution < -0.4 is 0 Å². The average Bonchev–Trinajstić information content (AvgIpc) is 2.74. The number of hydrogen-bond donors (Lipinski definition) is 0. The molecule has 0 aliphatic carbocycles. The maximum absolute atomic E-state index is 13.1. The van der Waals surface area contributed by atoms with Crippen molar-refractivity contribution in [2.45, 2.75) is 0 Å². The summed E-state index contributed by atoms with van der Waals surface area (Å²) >= 11 is 0.820. The molecule has 0 saturated carbocycles. The second-order valence-corrected chi connectivity index (χ2v) is 3.38. The minimum atomic E-state index is -0.905. The summed E-state index contributed by atoms with van der Waals surface area (Å²) in [5.74, 6) is -2.42. The summed E-state index contributed by atoms with van der Waals surface area (Å²) in [6.45, 7) is 0. The molecule has 2 heterocycles. The lowest BCUT2D eigenvalue weighted by Gasteiger charge is -1.98. The summed E-state index contributed by atoms with van der Waals surface area (Å²) in [7, 11) is 0. The van der Waals surface area contributed by atoms with Crippen molar-refractivity contribution in [3.05, 3.63) is 40.7 Å². The van der Waals surface area contributed by atoms with Crippen LogP contribution in [-0.4, -0.2) is 20.4 Å². The summed E-state index contributed by atoms with van der Waals surface area (Å²) in [4.78, 5) is 14.8. The van der Waals surface area contributed by atoms with Crippen molar-refractivity contribution in [3.63, 3.8) is 0 Å². The number of ketones is 1. The van der Waals surface area contributed by atoms with Gasteiger partial charge in [-0.3, -0.25) is 4.79 Å². The zero-order valence-corrected chi connectivity index (χ0v) is 7.96. The number of hydrogen-bond acceptors (Lipinski definition) is 5. The Bertz CT molecular complexity index is 501. The normalized spacial score (nSPS) is 10.3. The molecule has 76 valence electrons. The summed E-state index contributed by atoms with van der Waals surface area (Å²) in [6, 6.07) is 0.747. The number of carbonyl (C=O) groups excluding carboxylic acids is 1. The first kappa shape index (κ1) is 9.78. The van der Waals surface area contributed by atoms with Crippen LogP contribution in [0, 0.1) is 11.8 Å². The molecule has 0 atom stereocenters. The maximum atomic E-state index is 13.1. The van der Waals surface area contributed by atoms with Crippen molar-refractivity contribution in [1.82, 2.24) is 14.6 Å². The van der Waals surface area contributed by atoms with Crippen LogP contribution in [-0.2, 0) is 0 Å². The lowest BCUT2D eigenvalue weighted by molar-refractivity contribution is 0.103. The van der Waals surface area contributed by atoms with Gasteiger partial charge in [0.25, 0.3) is 0 Å². The molecule has 4 nitrogen and oxygen atoms in total. The van der Waals surface area contributed by atoms with Crippen LogP contribution in [0.25, 0.3) is 0 Å². The average molecular weight is 227 g/mol. The molecule has 0 aromatic carbocycles. The summed E-state index contributed by atoms with van der Waals surface area (Å²) in [5, 5.41) is 3.44. The van der Waals surface area contributed by atoms with E-state index >= 15 is 0 Å². The molecule has 0 radical (unpaired) electrons. The van der Waals surface area contributed by atoms with E-state index in [1.807, 2.05) is 0 Å². The van der Waals surface area contributed by atoms with Crippen molar-refractivity contribution < 1.29 is 13.6 Å². The molecular formula is C8H3F2N3OS. The minimum Gasteiger partial charge on any atom is -0.287 e. The number of nitrogens with zero attached hydrogens (tertiary/aromatic N) is 3. The second-order valence-electron chi connectivity index (χ2n) is 2.60. The molecule has 0 unspecified atom stereocenters. The van der Waals surface area contributed by atoms with E-state index in [1.165, 1.54) is 6.20 Å². The Balaban J connectivity index is 2.46. The monoisotopic (exact) mass is 227 g/mol. The third-order valence-corrected chi connectivity index (χ3v) is 2.32. The van der Waals surface area contributed by atoms with Gasteiger partial charge in [0.2, 0.25) is 11.7 Å². The Morgan fingerprint density at radius 2 is 2.13 bits per heavy atom. The molecule has 7 heteroatoms. The standard InChI is InChI=1S/C8H3F2N3OS/c9-5-2-11-7(10)1-4(5)8(14)6-3-12-13-15-6/h1-3H. The number of rotatable bonds is 2. The zero-order valence-electron chi connectivity index (χ0n) is 7.15. The Morgan fingerprint density at radius 1 is 1.33 bits per heavy atom. The van der Waals surface area contributed by atoms with Gasteiger partial charge in [-0.15, -0.1) is 5.10 Å². The fourth-order valence-electron chi connectivity index (χ4n) is 0.987. The van der Waals surface area contributed by atoms with Crippen LogP contribution in [0.2, 0.25) is 0 Å². The van der Waals surface area contributed by atoms with Crippen LogP contribution in [0.5, 0.6) is 0 Å². The molecule has 2 aromatic rings. The van der Waals surface area contributed by atoms with Gasteiger partial charge in [0.15, 0.2) is 5.82 Å². The first-order chi connectivity index (χ1) is 7.18. The van der Waals surface area contributed by atoms with Gasteiger partial charge in [0, 0.05) is 6.07 Å². The summed E-state index contributed by atoms with van der Waals surface area (Å²) in [5.41, 5.74) is -0.367. The smallest absolute Gasteiger partial charge is 0.213 e. The topological polar surface area (TPSA) is 55.7 Å². The Morgan fingerprint density at radius 3 is 2.80 bits per heavy atom. The van der Waals surface area contributed by atoms with Gasteiger partial charge in [-0.2, -0.15) is 4.39 Å². The molecule has 0 fully saturated rings. The zero-order chi connectivity index (χ0) is 10.8. The number of aromatic nitrogens is 3. The molecular weight excluding hydrogens is 224 g/mol. The largest absolute Gasteiger partial charge is 0.287 e. The van der Waals surface area contributed by atoms with Crippen LogP contribution in [0.3, 0.4) is 0 Å². The van der Waals surface area contributed by atoms with Crippen molar-refractivity contribution in [2.75, 3.05) is 0 Å². The molecule has 0 saturated heterocycles. The highest BCUT2D eigenvalue weighted by molar-refractivity contribution is 7.08. The first-order valence-corrected chi connectivity index (χ1v) is 4.59. The molecule has 2 rings (SSSR count). The van der Waals surface area contributed by atoms with Gasteiger partial charge in [-0.1, -0.05) is 4.49 Å². The van der Waals surface area contributed by atoms with Crippen LogP contribution in [0.15, 0.2) is 18.5 Å². The Hall–Kier alpha value is -1.76. The van der Waals surface area contributed by atoms with Crippen LogP contribution >= 0.6 is 11.5 Å². The van der Waals surface area contributed by atoms with E-state index < -0.39 is 17.5 Å². The van der Waals surface area contributed by atoms with E-state index in [1.54, 1.807) is 0 Å². The molecule has 2 aromatic heterocycles. The van der Waals surface area contributed by atoms with E-state index in [4.69, 9.17) is 0 Å². The van der Waals surface area contributed by atoms with Gasteiger partial charge in [-0.05, 0) is 11.5 Å². The third-order valence-electron chi connectivity index (χ3n) is 1.65. The molecule has 0 spiro atoms. The predicted octanol–water partition coefficient (Wildman–Crippen LogP) is 1.44. The van der Waals surface area contributed by atoms with E-state index in [9.17, 15) is 13.6 Å². The van der Waals surface area contributed by atoms with Crippen molar-refractivity contribution >= 4 is 17.3 Å². The summed E-state index contributed by atoms with van der Waals surface area (Å²) in [6.07, 6.45) is 1.86. The predicted molar refractivity (Wildman–Crippen MR) is 47.5 cm³/mol. The van der Waals surface area contributed by atoms with Crippen LogP contribution in [0.1, 0.15) is 15.2 Å².